The molecule has 2 nitrogen and oxygen atoms in total. The predicted molar refractivity (Wildman–Crippen MR) is 62.6 cm³/mol. The molecule has 3 heteroatoms. The maximum atomic E-state index is 5.82. The lowest BCUT2D eigenvalue weighted by molar-refractivity contribution is 0.877. The molecule has 0 aliphatic heterocycles. The number of rotatable bonds is 3. The lowest BCUT2D eigenvalue weighted by Crippen LogP contribution is -1.92. The summed E-state index contributed by atoms with van der Waals surface area (Å²) in [6.07, 6.45) is 6.20. The van der Waals surface area contributed by atoms with Gasteiger partial charge in [0.05, 0.1) is 11.9 Å². The number of hydrogen-bond acceptors (Lipinski definition) is 1. The Kier molecular flexibility index (Phi) is 3.07. The summed E-state index contributed by atoms with van der Waals surface area (Å²) in [4.78, 5) is 0. The van der Waals surface area contributed by atoms with Crippen LogP contribution < -0.4 is 0 Å². The van der Waals surface area contributed by atoms with Gasteiger partial charge >= 0.3 is 0 Å². The molecule has 0 amide bonds. The first-order valence-electron chi connectivity index (χ1n) is 5.09. The standard InChI is InChI=1S/C12H13ClN2/c1-2-3-10-8-14-15(9-10)12-6-4-11(13)5-7-12/h4-9H,2-3H2,1H3. The van der Waals surface area contributed by atoms with Crippen molar-refractivity contribution in [3.63, 3.8) is 0 Å². The lowest BCUT2D eigenvalue weighted by atomic mass is 10.2. The van der Waals surface area contributed by atoms with Gasteiger partial charge in [0.1, 0.15) is 0 Å². The molecule has 0 atom stereocenters. The largest absolute Gasteiger partial charge is 0.241 e. The molecule has 2 aromatic rings. The third-order valence-electron chi connectivity index (χ3n) is 2.27. The van der Waals surface area contributed by atoms with Crippen LogP contribution in [0.4, 0.5) is 0 Å². The minimum absolute atomic E-state index is 0.750. The number of hydrogen-bond donors (Lipinski definition) is 0. The van der Waals surface area contributed by atoms with Gasteiger partial charge in [0.2, 0.25) is 0 Å². The van der Waals surface area contributed by atoms with Crippen LogP contribution in [-0.2, 0) is 6.42 Å². The maximum absolute atomic E-state index is 5.82. The van der Waals surface area contributed by atoms with Crippen LogP contribution in [0, 0.1) is 0 Å². The molecule has 0 saturated heterocycles. The molecule has 0 fully saturated rings. The van der Waals surface area contributed by atoms with Crippen molar-refractivity contribution in [3.05, 3.63) is 47.2 Å². The van der Waals surface area contributed by atoms with E-state index in [4.69, 9.17) is 11.6 Å². The zero-order valence-electron chi connectivity index (χ0n) is 8.65. The van der Waals surface area contributed by atoms with Crippen molar-refractivity contribution in [2.45, 2.75) is 19.8 Å². The molecular formula is C12H13ClN2. The second-order valence-corrected chi connectivity index (χ2v) is 3.96. The second kappa shape index (κ2) is 4.49. The highest BCUT2D eigenvalue weighted by Crippen LogP contribution is 2.13. The predicted octanol–water partition coefficient (Wildman–Crippen LogP) is 3.48. The topological polar surface area (TPSA) is 17.8 Å². The van der Waals surface area contributed by atoms with Crippen LogP contribution in [-0.4, -0.2) is 9.78 Å². The fourth-order valence-electron chi connectivity index (χ4n) is 1.51. The van der Waals surface area contributed by atoms with Crippen LogP contribution in [0.3, 0.4) is 0 Å². The monoisotopic (exact) mass is 220 g/mol. The van der Waals surface area contributed by atoms with Gasteiger partial charge in [-0.2, -0.15) is 5.10 Å². The molecule has 0 bridgehead atoms. The molecule has 78 valence electrons. The molecule has 2 rings (SSSR count). The smallest absolute Gasteiger partial charge is 0.0646 e. The summed E-state index contributed by atoms with van der Waals surface area (Å²) in [7, 11) is 0. The van der Waals surface area contributed by atoms with Crippen LogP contribution in [0.25, 0.3) is 5.69 Å². The third kappa shape index (κ3) is 2.39. The summed E-state index contributed by atoms with van der Waals surface area (Å²) in [5.74, 6) is 0. The van der Waals surface area contributed by atoms with E-state index >= 15 is 0 Å². The van der Waals surface area contributed by atoms with E-state index in [1.54, 1.807) is 0 Å². The number of nitrogens with zero attached hydrogens (tertiary/aromatic N) is 2. The number of aromatic nitrogens is 2. The van der Waals surface area contributed by atoms with Crippen molar-refractivity contribution in [1.82, 2.24) is 9.78 Å². The Morgan fingerprint density at radius 2 is 2.00 bits per heavy atom. The van der Waals surface area contributed by atoms with Gasteiger partial charge in [-0.3, -0.25) is 0 Å². The Balaban J connectivity index is 2.25. The van der Waals surface area contributed by atoms with Crippen LogP contribution in [0.15, 0.2) is 36.7 Å². The minimum atomic E-state index is 0.750. The first kappa shape index (κ1) is 10.2. The molecule has 0 radical (unpaired) electrons. The van der Waals surface area contributed by atoms with E-state index < -0.39 is 0 Å². The van der Waals surface area contributed by atoms with E-state index in [0.29, 0.717) is 0 Å². The van der Waals surface area contributed by atoms with Gasteiger partial charge in [0.15, 0.2) is 0 Å². The molecule has 1 aromatic heterocycles. The molecule has 0 N–H and O–H groups in total. The van der Waals surface area contributed by atoms with E-state index in [-0.39, 0.29) is 0 Å². The summed E-state index contributed by atoms with van der Waals surface area (Å²) in [6.45, 7) is 2.17. The summed E-state index contributed by atoms with van der Waals surface area (Å²) < 4.78 is 1.88. The quantitative estimate of drug-likeness (QED) is 0.775. The van der Waals surface area contributed by atoms with Crippen molar-refractivity contribution in [2.24, 2.45) is 0 Å². The molecule has 0 unspecified atom stereocenters. The average Bonchev–Trinajstić information content (AvgIpc) is 2.68. The fourth-order valence-corrected chi connectivity index (χ4v) is 1.64. The van der Waals surface area contributed by atoms with E-state index in [9.17, 15) is 0 Å². The Morgan fingerprint density at radius 3 is 2.67 bits per heavy atom. The van der Waals surface area contributed by atoms with Gasteiger partial charge in [-0.05, 0) is 36.2 Å². The Bertz CT molecular complexity index is 431. The van der Waals surface area contributed by atoms with Crippen molar-refractivity contribution < 1.29 is 0 Å². The first-order valence-corrected chi connectivity index (χ1v) is 5.47. The zero-order chi connectivity index (χ0) is 10.7. The van der Waals surface area contributed by atoms with Gasteiger partial charge in [-0.25, -0.2) is 4.68 Å². The lowest BCUT2D eigenvalue weighted by Gasteiger charge is -2.00. The van der Waals surface area contributed by atoms with E-state index in [1.165, 1.54) is 5.56 Å². The van der Waals surface area contributed by atoms with E-state index in [2.05, 4.69) is 18.2 Å². The number of halogens is 1. The number of aryl methyl sites for hydroxylation is 1. The Hall–Kier alpha value is -1.28. The first-order chi connectivity index (χ1) is 7.29. The van der Waals surface area contributed by atoms with Gasteiger partial charge in [0.25, 0.3) is 0 Å². The van der Waals surface area contributed by atoms with Crippen LogP contribution in [0.5, 0.6) is 0 Å². The molecule has 15 heavy (non-hydrogen) atoms. The van der Waals surface area contributed by atoms with Crippen molar-refractivity contribution in [1.29, 1.82) is 0 Å². The third-order valence-corrected chi connectivity index (χ3v) is 2.52. The maximum Gasteiger partial charge on any atom is 0.0646 e. The van der Waals surface area contributed by atoms with Gasteiger partial charge in [-0.1, -0.05) is 24.9 Å². The normalized spacial score (nSPS) is 10.5. The molecule has 0 aliphatic rings. The van der Waals surface area contributed by atoms with Crippen molar-refractivity contribution in [2.75, 3.05) is 0 Å². The molecule has 0 spiro atoms. The van der Waals surface area contributed by atoms with Gasteiger partial charge in [0, 0.05) is 11.2 Å². The van der Waals surface area contributed by atoms with Crippen molar-refractivity contribution in [3.8, 4) is 5.69 Å². The Labute approximate surface area is 94.5 Å². The fraction of sp³-hybridized carbons (Fsp3) is 0.250. The van der Waals surface area contributed by atoms with Gasteiger partial charge in [-0.15, -0.1) is 0 Å². The van der Waals surface area contributed by atoms with Crippen molar-refractivity contribution >= 4 is 11.6 Å². The average molecular weight is 221 g/mol. The van der Waals surface area contributed by atoms with Gasteiger partial charge < -0.3 is 0 Å². The van der Waals surface area contributed by atoms with Crippen LogP contribution in [0.2, 0.25) is 5.02 Å². The second-order valence-electron chi connectivity index (χ2n) is 3.52. The minimum Gasteiger partial charge on any atom is -0.241 e. The highest BCUT2D eigenvalue weighted by atomic mass is 35.5. The zero-order valence-corrected chi connectivity index (χ0v) is 9.41. The SMILES string of the molecule is CCCc1cnn(-c2ccc(Cl)cc2)c1. The molecule has 1 aromatic carbocycles. The summed E-state index contributed by atoms with van der Waals surface area (Å²) >= 11 is 5.82. The summed E-state index contributed by atoms with van der Waals surface area (Å²) in [5.41, 5.74) is 2.31. The highest BCUT2D eigenvalue weighted by molar-refractivity contribution is 6.30. The summed E-state index contributed by atoms with van der Waals surface area (Å²) in [6, 6.07) is 7.67. The molecule has 0 aliphatic carbocycles. The number of benzene rings is 1. The van der Waals surface area contributed by atoms with Crippen LogP contribution >= 0.6 is 11.6 Å². The molecule has 0 saturated carbocycles. The Morgan fingerprint density at radius 1 is 1.27 bits per heavy atom. The highest BCUT2D eigenvalue weighted by Gasteiger charge is 1.99. The van der Waals surface area contributed by atoms with E-state index in [0.717, 1.165) is 23.6 Å². The summed E-state index contributed by atoms with van der Waals surface area (Å²) in [5, 5.41) is 5.06. The molecular weight excluding hydrogens is 208 g/mol. The van der Waals surface area contributed by atoms with Crippen LogP contribution in [0.1, 0.15) is 18.9 Å². The molecule has 1 heterocycles. The van der Waals surface area contributed by atoms with E-state index in [1.807, 2.05) is 35.1 Å².